The summed E-state index contributed by atoms with van der Waals surface area (Å²) in [6, 6.07) is 0. The van der Waals surface area contributed by atoms with E-state index in [9.17, 15) is 4.79 Å². The molecule has 1 atom stereocenters. The van der Waals surface area contributed by atoms with Gasteiger partial charge in [0.1, 0.15) is 5.88 Å². The van der Waals surface area contributed by atoms with Crippen molar-refractivity contribution in [1.29, 1.82) is 0 Å². The van der Waals surface area contributed by atoms with Crippen LogP contribution in [0.5, 0.6) is 0 Å². The van der Waals surface area contributed by atoms with E-state index in [2.05, 4.69) is 5.32 Å². The van der Waals surface area contributed by atoms with E-state index in [4.69, 9.17) is 25.8 Å². The largest absolute Gasteiger partial charge is 0.379 e. The van der Waals surface area contributed by atoms with Crippen LogP contribution in [0, 0.1) is 0 Å². The third-order valence-corrected chi connectivity index (χ3v) is 2.89. The van der Waals surface area contributed by atoms with Crippen LogP contribution in [0.15, 0.2) is 0 Å². The van der Waals surface area contributed by atoms with E-state index < -0.39 is 0 Å². The molecule has 0 fully saturated rings. The Kier molecular flexibility index (Phi) is 14.8. The summed E-state index contributed by atoms with van der Waals surface area (Å²) in [7, 11) is 0. The molecule has 20 heavy (non-hydrogen) atoms. The molecule has 0 aliphatic rings. The lowest BCUT2D eigenvalue weighted by atomic mass is 10.3. The summed E-state index contributed by atoms with van der Waals surface area (Å²) in [5.74, 6) is -0.0993. The van der Waals surface area contributed by atoms with Gasteiger partial charge in [0.15, 0.2) is 0 Å². The number of carbonyl (C=O) groups excluding carboxylic acids is 1. The summed E-state index contributed by atoms with van der Waals surface area (Å²) in [5.41, 5.74) is 0. The SMILES string of the molecule is CCOC(C)CCOCCOCCCCNC(=O)CCl. The lowest BCUT2D eigenvalue weighted by molar-refractivity contribution is -0.118. The summed E-state index contributed by atoms with van der Waals surface area (Å²) in [4.78, 5) is 10.8. The van der Waals surface area contributed by atoms with Crippen molar-refractivity contribution in [3.8, 4) is 0 Å². The number of hydrogen-bond donors (Lipinski definition) is 1. The second kappa shape index (κ2) is 15.0. The molecule has 0 aliphatic carbocycles. The first-order chi connectivity index (χ1) is 9.70. The molecular weight excluding hydrogens is 282 g/mol. The maximum atomic E-state index is 10.8. The molecule has 0 saturated carbocycles. The zero-order valence-electron chi connectivity index (χ0n) is 12.7. The number of halogens is 1. The normalized spacial score (nSPS) is 12.3. The van der Waals surface area contributed by atoms with Gasteiger partial charge in [0.2, 0.25) is 5.91 Å². The van der Waals surface area contributed by atoms with Crippen molar-refractivity contribution < 1.29 is 19.0 Å². The lowest BCUT2D eigenvalue weighted by Gasteiger charge is -2.11. The molecule has 0 aliphatic heterocycles. The minimum Gasteiger partial charge on any atom is -0.379 e. The van der Waals surface area contributed by atoms with E-state index in [1.165, 1.54) is 0 Å². The summed E-state index contributed by atoms with van der Waals surface area (Å²) in [6.07, 6.45) is 2.98. The van der Waals surface area contributed by atoms with Gasteiger partial charge >= 0.3 is 0 Å². The molecule has 0 radical (unpaired) electrons. The third kappa shape index (κ3) is 14.1. The molecule has 1 N–H and O–H groups in total. The fraction of sp³-hybridized carbons (Fsp3) is 0.929. The van der Waals surface area contributed by atoms with Gasteiger partial charge in [-0.25, -0.2) is 0 Å². The van der Waals surface area contributed by atoms with Crippen LogP contribution in [-0.2, 0) is 19.0 Å². The summed E-state index contributed by atoms with van der Waals surface area (Å²) < 4.78 is 16.3. The van der Waals surface area contributed by atoms with Gasteiger partial charge in [-0.1, -0.05) is 0 Å². The summed E-state index contributed by atoms with van der Waals surface area (Å²) in [5, 5.41) is 2.71. The first kappa shape index (κ1) is 19.6. The Labute approximate surface area is 127 Å². The second-order valence-electron chi connectivity index (χ2n) is 4.47. The first-order valence-electron chi connectivity index (χ1n) is 7.30. The predicted molar refractivity (Wildman–Crippen MR) is 80.3 cm³/mol. The molecule has 5 nitrogen and oxygen atoms in total. The van der Waals surface area contributed by atoms with Crippen molar-refractivity contribution in [2.75, 3.05) is 45.5 Å². The molecule has 0 spiro atoms. The molecule has 120 valence electrons. The van der Waals surface area contributed by atoms with Crippen LogP contribution in [-0.4, -0.2) is 57.5 Å². The van der Waals surface area contributed by atoms with Gasteiger partial charge in [-0.05, 0) is 33.1 Å². The number of nitrogens with one attached hydrogen (secondary N) is 1. The zero-order valence-corrected chi connectivity index (χ0v) is 13.4. The highest BCUT2D eigenvalue weighted by Crippen LogP contribution is 1.97. The van der Waals surface area contributed by atoms with Gasteiger partial charge in [-0.3, -0.25) is 4.79 Å². The van der Waals surface area contributed by atoms with Crippen LogP contribution in [0.4, 0.5) is 0 Å². The van der Waals surface area contributed by atoms with Gasteiger partial charge in [0.05, 0.1) is 19.3 Å². The van der Waals surface area contributed by atoms with E-state index in [1.54, 1.807) is 0 Å². The number of hydrogen-bond acceptors (Lipinski definition) is 4. The van der Waals surface area contributed by atoms with Crippen LogP contribution in [0.2, 0.25) is 0 Å². The highest BCUT2D eigenvalue weighted by atomic mass is 35.5. The van der Waals surface area contributed by atoms with E-state index in [0.717, 1.165) is 25.9 Å². The zero-order chi connectivity index (χ0) is 15.1. The van der Waals surface area contributed by atoms with Crippen LogP contribution in [0.25, 0.3) is 0 Å². The van der Waals surface area contributed by atoms with E-state index in [0.29, 0.717) is 33.0 Å². The van der Waals surface area contributed by atoms with Gasteiger partial charge in [-0.2, -0.15) is 0 Å². The number of unbranched alkanes of at least 4 members (excludes halogenated alkanes) is 1. The third-order valence-electron chi connectivity index (χ3n) is 2.65. The maximum absolute atomic E-state index is 10.8. The van der Waals surface area contributed by atoms with E-state index >= 15 is 0 Å². The number of rotatable bonds is 14. The average molecular weight is 310 g/mol. The van der Waals surface area contributed by atoms with Crippen LogP contribution >= 0.6 is 11.6 Å². The topological polar surface area (TPSA) is 56.8 Å². The van der Waals surface area contributed by atoms with Crippen molar-refractivity contribution in [2.24, 2.45) is 0 Å². The van der Waals surface area contributed by atoms with Crippen LogP contribution < -0.4 is 5.32 Å². The first-order valence-corrected chi connectivity index (χ1v) is 7.83. The second-order valence-corrected chi connectivity index (χ2v) is 4.74. The Morgan fingerprint density at radius 3 is 2.50 bits per heavy atom. The fourth-order valence-corrected chi connectivity index (χ4v) is 1.64. The molecule has 0 rings (SSSR count). The summed E-state index contributed by atoms with van der Waals surface area (Å²) >= 11 is 5.35. The molecular formula is C14H28ClNO4. The van der Waals surface area contributed by atoms with Crippen molar-refractivity contribution in [1.82, 2.24) is 5.32 Å². The Bertz CT molecular complexity index is 229. The summed E-state index contributed by atoms with van der Waals surface area (Å²) in [6.45, 7) is 8.05. The molecule has 1 amide bonds. The van der Waals surface area contributed by atoms with Gasteiger partial charge in [-0.15, -0.1) is 11.6 Å². The molecule has 0 saturated heterocycles. The predicted octanol–water partition coefficient (Wildman–Crippen LogP) is 1.97. The lowest BCUT2D eigenvalue weighted by Crippen LogP contribution is -2.25. The fourth-order valence-electron chi connectivity index (χ4n) is 1.54. The van der Waals surface area contributed by atoms with Crippen LogP contribution in [0.3, 0.4) is 0 Å². The van der Waals surface area contributed by atoms with Gasteiger partial charge in [0, 0.05) is 26.4 Å². The number of alkyl halides is 1. The van der Waals surface area contributed by atoms with Gasteiger partial charge in [0.25, 0.3) is 0 Å². The highest BCUT2D eigenvalue weighted by molar-refractivity contribution is 6.27. The smallest absolute Gasteiger partial charge is 0.234 e. The molecule has 0 bridgehead atoms. The molecule has 6 heteroatoms. The van der Waals surface area contributed by atoms with Crippen molar-refractivity contribution in [2.45, 2.75) is 39.2 Å². The molecule has 1 unspecified atom stereocenters. The number of carbonyl (C=O) groups is 1. The van der Waals surface area contributed by atoms with Gasteiger partial charge < -0.3 is 19.5 Å². The molecule has 0 aromatic carbocycles. The van der Waals surface area contributed by atoms with E-state index in [-0.39, 0.29) is 17.9 Å². The molecule has 0 aromatic rings. The minimum atomic E-state index is -0.123. The molecule has 0 aromatic heterocycles. The van der Waals surface area contributed by atoms with Crippen molar-refractivity contribution >= 4 is 17.5 Å². The molecule has 0 heterocycles. The van der Waals surface area contributed by atoms with Crippen LogP contribution in [0.1, 0.15) is 33.1 Å². The standard InChI is InChI=1S/C14H28ClNO4/c1-3-20-13(2)6-9-19-11-10-18-8-5-4-7-16-14(17)12-15/h13H,3-12H2,1-2H3,(H,16,17). The van der Waals surface area contributed by atoms with Crippen molar-refractivity contribution in [3.05, 3.63) is 0 Å². The average Bonchev–Trinajstić information content (AvgIpc) is 2.44. The quantitative estimate of drug-likeness (QED) is 0.394. The van der Waals surface area contributed by atoms with Crippen molar-refractivity contribution in [3.63, 3.8) is 0 Å². The minimum absolute atomic E-state index is 0.0236. The highest BCUT2D eigenvalue weighted by Gasteiger charge is 2.00. The Hall–Kier alpha value is -0.360. The number of amides is 1. The Balaban J connectivity index is 3.08. The maximum Gasteiger partial charge on any atom is 0.234 e. The number of ether oxygens (including phenoxy) is 3. The monoisotopic (exact) mass is 309 g/mol. The Morgan fingerprint density at radius 1 is 1.15 bits per heavy atom. The van der Waals surface area contributed by atoms with E-state index in [1.807, 2.05) is 13.8 Å². The Morgan fingerprint density at radius 2 is 1.85 bits per heavy atom.